The Morgan fingerprint density at radius 1 is 1.04 bits per heavy atom. The minimum atomic E-state index is -4.76. The molecule has 16 nitrogen and oxygen atoms in total. The van der Waals surface area contributed by atoms with E-state index in [1.807, 2.05) is 6.92 Å². The number of halogens is 1. The van der Waals surface area contributed by atoms with Gasteiger partial charge in [-0.25, -0.2) is 17.5 Å². The topological polar surface area (TPSA) is 201 Å². The monoisotopic (exact) mass is 993 g/mol. The summed E-state index contributed by atoms with van der Waals surface area (Å²) >= 11 is 0. The highest BCUT2D eigenvalue weighted by Gasteiger charge is 2.50. The van der Waals surface area contributed by atoms with E-state index in [1.54, 1.807) is 19.1 Å². The van der Waals surface area contributed by atoms with Crippen molar-refractivity contribution >= 4 is 44.0 Å². The molecule has 3 aromatic carbocycles. The van der Waals surface area contributed by atoms with Crippen molar-refractivity contribution in [3.63, 3.8) is 0 Å². The first-order valence-electron chi connectivity index (χ1n) is 25.2. The Morgan fingerprint density at radius 2 is 1.80 bits per heavy atom. The zero-order chi connectivity index (χ0) is 49.8. The summed E-state index contributed by atoms with van der Waals surface area (Å²) in [6.07, 6.45) is 11.0. The molecule has 3 aliphatic heterocycles. The van der Waals surface area contributed by atoms with Gasteiger partial charge in [-0.15, -0.1) is 0 Å². The van der Waals surface area contributed by atoms with Crippen LogP contribution in [0.1, 0.15) is 132 Å². The van der Waals surface area contributed by atoms with Gasteiger partial charge in [0.25, 0.3) is 27.5 Å². The van der Waals surface area contributed by atoms with Gasteiger partial charge in [0.2, 0.25) is 0 Å². The number of aliphatic hydroxyl groups is 1. The fraction of sp³-hybridized carbons (Fsp3) is 0.509. The molecule has 378 valence electrons. The van der Waals surface area contributed by atoms with Crippen molar-refractivity contribution in [2.45, 2.75) is 133 Å². The second kappa shape index (κ2) is 19.2. The van der Waals surface area contributed by atoms with E-state index >= 15 is 4.39 Å². The fourth-order valence-corrected chi connectivity index (χ4v) is 12.9. The summed E-state index contributed by atoms with van der Waals surface area (Å²) < 4.78 is 63.7. The Hall–Kier alpha value is -5.98. The standard InChI is InChI=1S/C53H64FN7O9S/c1-5-23-68-51-47(27-40-41(54)30-55-49(40)57-51)70-45-24-34(59-21-18-53(19-22-59)28-35(29-53)60-20-8-11-43(60)38-10-7-6-9-37(38)32(2)3)12-13-39(45)50(62)58-71(66,67)36-25-44(61(64)65)48-46(26-36)69-31-42(56-48)33-14-16-52(4,63)17-15-33/h6-7,9-10,12-13,24-27,30,32-33,35,42-43,56,63H,5,8,11,14-23,28-29,31H2,1-4H3,(H,55,57)(H,58,62)/t33-,42-,43-,52-/m1/s1. The van der Waals surface area contributed by atoms with Crippen molar-refractivity contribution in [1.29, 1.82) is 0 Å². The number of fused-ring (bicyclic) bond motifs is 2. The van der Waals surface area contributed by atoms with E-state index in [4.69, 9.17) is 14.2 Å². The van der Waals surface area contributed by atoms with Crippen LogP contribution in [-0.2, 0) is 10.0 Å². The minimum absolute atomic E-state index is 0.0136. The maximum atomic E-state index is 15.0. The number of aromatic amines is 1. The highest BCUT2D eigenvalue weighted by molar-refractivity contribution is 7.90. The number of sulfonamides is 1. The van der Waals surface area contributed by atoms with Crippen LogP contribution in [0, 0.1) is 27.3 Å². The van der Waals surface area contributed by atoms with E-state index in [9.17, 15) is 28.4 Å². The smallest absolute Gasteiger partial charge is 0.297 e. The van der Waals surface area contributed by atoms with Crippen LogP contribution in [0.25, 0.3) is 11.0 Å². The molecule has 1 amide bonds. The Morgan fingerprint density at radius 3 is 2.54 bits per heavy atom. The highest BCUT2D eigenvalue weighted by atomic mass is 32.2. The molecule has 5 aromatic rings. The van der Waals surface area contributed by atoms with Gasteiger partial charge >= 0.3 is 0 Å². The number of hydrogen-bond acceptors (Lipinski definition) is 13. The van der Waals surface area contributed by atoms with Gasteiger partial charge in [-0.2, -0.15) is 4.98 Å². The van der Waals surface area contributed by atoms with Gasteiger partial charge in [0.1, 0.15) is 23.8 Å². The molecule has 1 spiro atoms. The van der Waals surface area contributed by atoms with Crippen LogP contribution < -0.4 is 29.1 Å². The summed E-state index contributed by atoms with van der Waals surface area (Å²) in [5, 5.41) is 26.3. The molecule has 2 atom stereocenters. The third kappa shape index (κ3) is 9.74. The third-order valence-electron chi connectivity index (χ3n) is 15.9. The van der Waals surface area contributed by atoms with Gasteiger partial charge in [-0.05, 0) is 125 Å². The summed E-state index contributed by atoms with van der Waals surface area (Å²) in [4.78, 5) is 37.8. The normalized spacial score (nSPS) is 23.5. The molecule has 4 N–H and O–H groups in total. The second-order valence-electron chi connectivity index (χ2n) is 21.1. The van der Waals surface area contributed by atoms with Crippen LogP contribution >= 0.6 is 0 Å². The average Bonchev–Trinajstić information content (AvgIpc) is 3.97. The first kappa shape index (κ1) is 48.6. The molecular weight excluding hydrogens is 930 g/mol. The number of anilines is 2. The molecule has 2 saturated carbocycles. The summed E-state index contributed by atoms with van der Waals surface area (Å²) in [5.41, 5.74) is 2.72. The van der Waals surface area contributed by atoms with E-state index in [0.29, 0.717) is 50.1 Å². The van der Waals surface area contributed by atoms with Crippen molar-refractivity contribution in [3.8, 4) is 23.1 Å². The number of nitrogens with one attached hydrogen (secondary N) is 3. The molecule has 5 aliphatic rings. The second-order valence-corrected chi connectivity index (χ2v) is 22.8. The van der Waals surface area contributed by atoms with Crippen molar-refractivity contribution < 1.29 is 41.8 Å². The van der Waals surface area contributed by atoms with Crippen LogP contribution in [-0.4, -0.2) is 89.8 Å². The lowest BCUT2D eigenvalue weighted by molar-refractivity contribution is -0.384. The van der Waals surface area contributed by atoms with Gasteiger partial charge in [0.05, 0.1) is 39.0 Å². The maximum Gasteiger partial charge on any atom is 0.297 e. The van der Waals surface area contributed by atoms with E-state index in [-0.39, 0.29) is 76.0 Å². The average molecular weight is 994 g/mol. The van der Waals surface area contributed by atoms with Crippen molar-refractivity contribution in [2.24, 2.45) is 11.3 Å². The molecule has 2 aromatic heterocycles. The van der Waals surface area contributed by atoms with Crippen molar-refractivity contribution in [3.05, 3.63) is 99.5 Å². The number of ether oxygens (including phenoxy) is 3. The molecule has 0 bridgehead atoms. The minimum Gasteiger partial charge on any atom is -0.489 e. The van der Waals surface area contributed by atoms with Crippen LogP contribution in [0.4, 0.5) is 21.5 Å². The predicted molar refractivity (Wildman–Crippen MR) is 268 cm³/mol. The molecule has 0 radical (unpaired) electrons. The molecule has 2 saturated heterocycles. The first-order valence-corrected chi connectivity index (χ1v) is 26.7. The number of carbonyl (C=O) groups is 1. The van der Waals surface area contributed by atoms with Gasteiger partial charge < -0.3 is 34.5 Å². The first-order chi connectivity index (χ1) is 34.0. The number of pyridine rings is 1. The number of H-pyrrole nitrogens is 1. The van der Waals surface area contributed by atoms with E-state index in [1.165, 1.54) is 48.4 Å². The number of aromatic nitrogens is 2. The molecule has 10 rings (SSSR count). The van der Waals surface area contributed by atoms with Crippen molar-refractivity contribution in [2.75, 3.05) is 43.1 Å². The maximum absolute atomic E-state index is 15.0. The number of carbonyl (C=O) groups excluding carboxylic acids is 1. The summed E-state index contributed by atoms with van der Waals surface area (Å²) in [7, 11) is -4.76. The summed E-state index contributed by atoms with van der Waals surface area (Å²) in [6, 6.07) is 18.0. The fourth-order valence-electron chi connectivity index (χ4n) is 11.9. The molecule has 4 fully saturated rings. The Bertz CT molecular complexity index is 2940. The number of rotatable bonds is 14. The van der Waals surface area contributed by atoms with E-state index in [2.05, 4.69) is 67.9 Å². The number of hydrogen-bond donors (Lipinski definition) is 4. The number of nitro benzene ring substituents is 1. The van der Waals surface area contributed by atoms with E-state index in [0.717, 1.165) is 57.1 Å². The third-order valence-corrected chi connectivity index (χ3v) is 17.2. The highest BCUT2D eigenvalue weighted by Crippen LogP contribution is 2.54. The summed E-state index contributed by atoms with van der Waals surface area (Å²) in [6.45, 7) is 11.3. The van der Waals surface area contributed by atoms with Crippen LogP contribution in [0.2, 0.25) is 0 Å². The Kier molecular flexibility index (Phi) is 13.2. The van der Waals surface area contributed by atoms with Gasteiger partial charge in [-0.1, -0.05) is 45.0 Å². The number of benzene rings is 3. The van der Waals surface area contributed by atoms with Crippen molar-refractivity contribution in [1.82, 2.24) is 19.6 Å². The lowest BCUT2D eigenvalue weighted by atomic mass is 9.59. The summed E-state index contributed by atoms with van der Waals surface area (Å²) in [5.74, 6) is -1.09. The number of piperidine rings is 1. The Labute approximate surface area is 413 Å². The molecule has 0 unspecified atom stereocenters. The number of nitrogens with zero attached hydrogens (tertiary/aromatic N) is 4. The van der Waals surface area contributed by atoms with Crippen LogP contribution in [0.5, 0.6) is 23.1 Å². The molecule has 2 aliphatic carbocycles. The largest absolute Gasteiger partial charge is 0.489 e. The predicted octanol–water partition coefficient (Wildman–Crippen LogP) is 10.1. The van der Waals surface area contributed by atoms with Crippen LogP contribution in [0.15, 0.2) is 71.8 Å². The zero-order valence-corrected chi connectivity index (χ0v) is 41.7. The molecule has 71 heavy (non-hydrogen) atoms. The molecule has 18 heteroatoms. The van der Waals surface area contributed by atoms with Gasteiger partial charge in [0, 0.05) is 61.3 Å². The van der Waals surface area contributed by atoms with Gasteiger partial charge in [0.15, 0.2) is 17.2 Å². The van der Waals surface area contributed by atoms with Crippen LogP contribution in [0.3, 0.4) is 0 Å². The molecule has 5 heterocycles. The lowest BCUT2D eigenvalue weighted by Crippen LogP contribution is -2.54. The molecular formula is C53H64FN7O9S. The number of nitro groups is 1. The Balaban J connectivity index is 0.895. The van der Waals surface area contributed by atoms with Gasteiger partial charge in [-0.3, -0.25) is 19.8 Å². The van der Waals surface area contributed by atoms with E-state index < -0.39 is 42.9 Å². The number of likely N-dealkylation sites (tertiary alicyclic amines) is 1. The lowest BCUT2D eigenvalue weighted by Gasteiger charge is -2.56. The number of amides is 1. The SMILES string of the molecule is CCCOc1nc2[nH]cc(F)c2cc1Oc1cc(N2CCC3(CC2)CC(N2CCC[C@@H]2c2ccccc2C(C)C)C3)ccc1C(=O)NS(=O)(=O)c1cc2c(c([N+](=O)[O-])c1)N[C@@H]([C@H]1CC[C@](C)(O)CC1)CO2. The quantitative estimate of drug-likeness (QED) is 0.0605. The zero-order valence-electron chi connectivity index (χ0n) is 40.8.